The molecule has 2 aromatic heterocycles. The van der Waals surface area contributed by atoms with Gasteiger partial charge in [0, 0.05) is 18.5 Å². The van der Waals surface area contributed by atoms with Crippen LogP contribution in [0.5, 0.6) is 0 Å². The van der Waals surface area contributed by atoms with Gasteiger partial charge in [0.2, 0.25) is 10.0 Å². The SMILES string of the molecule is Cc1[nH]nc(CCl)c1S(=O)(=O)N(C)Cc1cccs1. The molecule has 0 amide bonds. The van der Waals surface area contributed by atoms with Gasteiger partial charge >= 0.3 is 0 Å². The van der Waals surface area contributed by atoms with Crippen LogP contribution in [0.2, 0.25) is 0 Å². The van der Waals surface area contributed by atoms with Crippen molar-refractivity contribution in [2.75, 3.05) is 7.05 Å². The third-order valence-corrected chi connectivity index (χ3v) is 5.84. The summed E-state index contributed by atoms with van der Waals surface area (Å²) in [6.45, 7) is 2.02. The molecular weight excluding hydrogens is 306 g/mol. The highest BCUT2D eigenvalue weighted by atomic mass is 35.5. The molecule has 0 aromatic carbocycles. The molecule has 0 fully saturated rings. The van der Waals surface area contributed by atoms with Crippen LogP contribution >= 0.6 is 22.9 Å². The summed E-state index contributed by atoms with van der Waals surface area (Å²) in [5, 5.41) is 8.51. The number of thiophene rings is 1. The standard InChI is InChI=1S/C11H14ClN3O2S2/c1-8-11(10(6-12)14-13-8)19(16,17)15(2)7-9-4-3-5-18-9/h3-5H,6-7H2,1-2H3,(H,13,14). The van der Waals surface area contributed by atoms with Gasteiger partial charge in [0.25, 0.3) is 0 Å². The molecule has 104 valence electrons. The summed E-state index contributed by atoms with van der Waals surface area (Å²) in [6.07, 6.45) is 0. The van der Waals surface area contributed by atoms with Crippen LogP contribution in [0.4, 0.5) is 0 Å². The number of aromatic nitrogens is 2. The fourth-order valence-electron chi connectivity index (χ4n) is 1.77. The van der Waals surface area contributed by atoms with Gasteiger partial charge in [0.1, 0.15) is 4.90 Å². The number of H-pyrrole nitrogens is 1. The highest BCUT2D eigenvalue weighted by Gasteiger charge is 2.28. The Morgan fingerprint density at radius 3 is 2.84 bits per heavy atom. The molecule has 0 aliphatic carbocycles. The molecule has 5 nitrogen and oxygen atoms in total. The Balaban J connectivity index is 2.33. The molecule has 2 rings (SSSR count). The molecule has 0 spiro atoms. The lowest BCUT2D eigenvalue weighted by atomic mass is 10.4. The molecular formula is C11H14ClN3O2S2. The molecule has 0 radical (unpaired) electrons. The first-order chi connectivity index (χ1) is 8.96. The Bertz CT molecular complexity index is 650. The predicted molar refractivity (Wildman–Crippen MR) is 75.9 cm³/mol. The Kier molecular flexibility index (Phi) is 4.29. The number of hydrogen-bond donors (Lipinski definition) is 1. The molecule has 0 bridgehead atoms. The number of sulfonamides is 1. The largest absolute Gasteiger partial charge is 0.281 e. The van der Waals surface area contributed by atoms with Crippen molar-refractivity contribution < 1.29 is 8.42 Å². The van der Waals surface area contributed by atoms with Crippen molar-refractivity contribution in [1.82, 2.24) is 14.5 Å². The van der Waals surface area contributed by atoms with E-state index < -0.39 is 10.0 Å². The van der Waals surface area contributed by atoms with E-state index in [1.165, 1.54) is 15.6 Å². The number of rotatable bonds is 5. The van der Waals surface area contributed by atoms with Crippen molar-refractivity contribution in [1.29, 1.82) is 0 Å². The second-order valence-corrected chi connectivity index (χ2v) is 7.38. The van der Waals surface area contributed by atoms with Crippen molar-refractivity contribution in [3.8, 4) is 0 Å². The average molecular weight is 320 g/mol. The first-order valence-electron chi connectivity index (χ1n) is 5.55. The number of alkyl halides is 1. The Hall–Kier alpha value is -0.890. The summed E-state index contributed by atoms with van der Waals surface area (Å²) in [4.78, 5) is 1.17. The van der Waals surface area contributed by atoms with E-state index in [9.17, 15) is 8.42 Å². The third-order valence-electron chi connectivity index (χ3n) is 2.71. The summed E-state index contributed by atoms with van der Waals surface area (Å²) in [7, 11) is -2.03. The molecule has 8 heteroatoms. The van der Waals surface area contributed by atoms with E-state index in [0.717, 1.165) is 4.88 Å². The number of aryl methyl sites for hydroxylation is 1. The third kappa shape index (κ3) is 2.84. The van der Waals surface area contributed by atoms with Crippen LogP contribution in [0.1, 0.15) is 16.3 Å². The van der Waals surface area contributed by atoms with Crippen molar-refractivity contribution >= 4 is 33.0 Å². The predicted octanol–water partition coefficient (Wildman–Crippen LogP) is 2.34. The summed E-state index contributed by atoms with van der Waals surface area (Å²) >= 11 is 7.26. The van der Waals surface area contributed by atoms with Gasteiger partial charge in [0.15, 0.2) is 0 Å². The quantitative estimate of drug-likeness (QED) is 0.860. The van der Waals surface area contributed by atoms with Gasteiger partial charge in [-0.3, -0.25) is 5.10 Å². The van der Waals surface area contributed by atoms with E-state index in [-0.39, 0.29) is 10.8 Å². The molecule has 0 aliphatic heterocycles. The Morgan fingerprint density at radius 1 is 1.53 bits per heavy atom. The highest BCUT2D eigenvalue weighted by molar-refractivity contribution is 7.89. The number of nitrogens with zero attached hydrogens (tertiary/aromatic N) is 2. The lowest BCUT2D eigenvalue weighted by molar-refractivity contribution is 0.468. The topological polar surface area (TPSA) is 66.1 Å². The van der Waals surface area contributed by atoms with Gasteiger partial charge in [-0.25, -0.2) is 8.42 Å². The fraction of sp³-hybridized carbons (Fsp3) is 0.364. The van der Waals surface area contributed by atoms with Crippen LogP contribution in [0, 0.1) is 6.92 Å². The van der Waals surface area contributed by atoms with Crippen LogP contribution in [0.15, 0.2) is 22.4 Å². The van der Waals surface area contributed by atoms with Crippen LogP contribution < -0.4 is 0 Å². The van der Waals surface area contributed by atoms with Gasteiger partial charge in [0.05, 0.1) is 17.3 Å². The summed E-state index contributed by atoms with van der Waals surface area (Å²) in [6, 6.07) is 3.80. The molecule has 0 atom stereocenters. The minimum absolute atomic E-state index is 0.0613. The second kappa shape index (κ2) is 5.62. The monoisotopic (exact) mass is 319 g/mol. The number of aromatic amines is 1. The minimum Gasteiger partial charge on any atom is -0.281 e. The first-order valence-corrected chi connectivity index (χ1v) is 8.40. The molecule has 2 heterocycles. The van der Waals surface area contributed by atoms with E-state index >= 15 is 0 Å². The maximum atomic E-state index is 12.5. The second-order valence-electron chi connectivity index (χ2n) is 4.10. The summed E-state index contributed by atoms with van der Waals surface area (Å²) in [5.41, 5.74) is 0.867. The Labute approximate surface area is 121 Å². The van der Waals surface area contributed by atoms with Crippen molar-refractivity contribution in [3.05, 3.63) is 33.8 Å². The normalized spacial score (nSPS) is 12.2. The van der Waals surface area contributed by atoms with E-state index in [4.69, 9.17) is 11.6 Å². The zero-order valence-corrected chi connectivity index (χ0v) is 12.9. The van der Waals surface area contributed by atoms with Crippen LogP contribution in [-0.4, -0.2) is 30.0 Å². The molecule has 1 N–H and O–H groups in total. The molecule has 0 aliphatic rings. The zero-order chi connectivity index (χ0) is 14.0. The molecule has 0 saturated carbocycles. The molecule has 0 unspecified atom stereocenters. The Morgan fingerprint density at radius 2 is 2.26 bits per heavy atom. The van der Waals surface area contributed by atoms with Gasteiger partial charge < -0.3 is 0 Å². The van der Waals surface area contributed by atoms with Gasteiger partial charge in [-0.1, -0.05) is 6.07 Å². The molecule has 0 saturated heterocycles. The highest BCUT2D eigenvalue weighted by Crippen LogP contribution is 2.24. The van der Waals surface area contributed by atoms with E-state index in [1.54, 1.807) is 14.0 Å². The number of halogens is 1. The zero-order valence-electron chi connectivity index (χ0n) is 10.6. The smallest absolute Gasteiger partial charge is 0.246 e. The van der Waals surface area contributed by atoms with Crippen molar-refractivity contribution in [2.24, 2.45) is 0 Å². The van der Waals surface area contributed by atoms with E-state index in [0.29, 0.717) is 17.9 Å². The first kappa shape index (κ1) is 14.5. The van der Waals surface area contributed by atoms with Crippen LogP contribution in [-0.2, 0) is 22.4 Å². The summed E-state index contributed by atoms with van der Waals surface area (Å²) in [5.74, 6) is 0.0613. The van der Waals surface area contributed by atoms with E-state index in [1.807, 2.05) is 17.5 Å². The van der Waals surface area contributed by atoms with Gasteiger partial charge in [-0.15, -0.1) is 22.9 Å². The molecule has 2 aromatic rings. The van der Waals surface area contributed by atoms with Crippen molar-refractivity contribution in [2.45, 2.75) is 24.2 Å². The van der Waals surface area contributed by atoms with Crippen molar-refractivity contribution in [3.63, 3.8) is 0 Å². The number of hydrogen-bond acceptors (Lipinski definition) is 4. The summed E-state index contributed by atoms with van der Waals surface area (Å²) < 4.78 is 26.4. The maximum Gasteiger partial charge on any atom is 0.246 e. The van der Waals surface area contributed by atoms with Gasteiger partial charge in [-0.05, 0) is 18.4 Å². The van der Waals surface area contributed by atoms with Gasteiger partial charge in [-0.2, -0.15) is 9.40 Å². The fourth-order valence-corrected chi connectivity index (χ4v) is 4.35. The lowest BCUT2D eigenvalue weighted by Gasteiger charge is -2.16. The van der Waals surface area contributed by atoms with E-state index in [2.05, 4.69) is 10.2 Å². The maximum absolute atomic E-state index is 12.5. The molecule has 19 heavy (non-hydrogen) atoms. The minimum atomic E-state index is -3.58. The van der Waals surface area contributed by atoms with Crippen LogP contribution in [0.3, 0.4) is 0 Å². The van der Waals surface area contributed by atoms with Crippen LogP contribution in [0.25, 0.3) is 0 Å². The average Bonchev–Trinajstić information content (AvgIpc) is 2.98. The lowest BCUT2D eigenvalue weighted by Crippen LogP contribution is -2.27. The number of nitrogens with one attached hydrogen (secondary N) is 1.